The van der Waals surface area contributed by atoms with Crippen molar-refractivity contribution in [2.75, 3.05) is 19.8 Å². The van der Waals surface area contributed by atoms with Crippen LogP contribution in [-0.2, 0) is 18.2 Å². The molecule has 1 N–H and O–H groups in total. The summed E-state index contributed by atoms with van der Waals surface area (Å²) < 4.78 is 7.51. The second kappa shape index (κ2) is 7.06. The molecule has 1 aliphatic rings. The molecule has 2 heterocycles. The molecule has 1 aromatic rings. The number of hydrogen-bond acceptors (Lipinski definition) is 3. The fourth-order valence-electron chi connectivity index (χ4n) is 2.93. The maximum atomic E-state index is 5.49. The highest BCUT2D eigenvalue weighted by molar-refractivity contribution is 5.10. The Morgan fingerprint density at radius 3 is 2.79 bits per heavy atom. The molecule has 1 saturated heterocycles. The number of rotatable bonds is 6. The molecular weight excluding hydrogens is 238 g/mol. The maximum absolute atomic E-state index is 5.49. The molecule has 4 heteroatoms. The summed E-state index contributed by atoms with van der Waals surface area (Å²) in [4.78, 5) is 0. The van der Waals surface area contributed by atoms with Crippen molar-refractivity contribution in [1.82, 2.24) is 15.1 Å². The van der Waals surface area contributed by atoms with Gasteiger partial charge in [-0.3, -0.25) is 4.68 Å². The van der Waals surface area contributed by atoms with E-state index in [-0.39, 0.29) is 0 Å². The lowest BCUT2D eigenvalue weighted by Gasteiger charge is -2.31. The summed E-state index contributed by atoms with van der Waals surface area (Å²) >= 11 is 0. The van der Waals surface area contributed by atoms with E-state index in [0.29, 0.717) is 6.04 Å². The molecule has 19 heavy (non-hydrogen) atoms. The quantitative estimate of drug-likeness (QED) is 0.856. The van der Waals surface area contributed by atoms with E-state index in [1.165, 1.54) is 25.0 Å². The van der Waals surface area contributed by atoms with Gasteiger partial charge in [0.1, 0.15) is 0 Å². The molecule has 0 aromatic carbocycles. The second-order valence-electron chi connectivity index (χ2n) is 5.62. The highest BCUT2D eigenvalue weighted by Crippen LogP contribution is 2.22. The van der Waals surface area contributed by atoms with Gasteiger partial charge in [0.2, 0.25) is 0 Å². The summed E-state index contributed by atoms with van der Waals surface area (Å²) in [6.45, 7) is 7.21. The molecule has 1 fully saturated rings. The van der Waals surface area contributed by atoms with Gasteiger partial charge in [-0.2, -0.15) is 5.10 Å². The van der Waals surface area contributed by atoms with Gasteiger partial charge in [0.15, 0.2) is 0 Å². The minimum absolute atomic E-state index is 0.554. The first-order valence-electron chi connectivity index (χ1n) is 7.51. The van der Waals surface area contributed by atoms with Crippen LogP contribution < -0.4 is 5.32 Å². The van der Waals surface area contributed by atoms with Gasteiger partial charge in [0, 0.05) is 38.4 Å². The van der Waals surface area contributed by atoms with Crippen molar-refractivity contribution in [3.05, 3.63) is 17.5 Å². The van der Waals surface area contributed by atoms with Gasteiger partial charge in [0.05, 0.1) is 5.69 Å². The van der Waals surface area contributed by atoms with Gasteiger partial charge in [-0.05, 0) is 44.7 Å². The molecule has 0 saturated carbocycles. The van der Waals surface area contributed by atoms with Crippen molar-refractivity contribution in [3.63, 3.8) is 0 Å². The lowest BCUT2D eigenvalue weighted by atomic mass is 9.88. The highest BCUT2D eigenvalue weighted by Gasteiger charge is 2.24. The van der Waals surface area contributed by atoms with Gasteiger partial charge in [-0.1, -0.05) is 6.92 Å². The molecule has 0 spiro atoms. The Labute approximate surface area is 116 Å². The normalized spacial score (nSPS) is 18.7. The molecule has 2 rings (SSSR count). The van der Waals surface area contributed by atoms with Crippen LogP contribution in [0.1, 0.15) is 37.6 Å². The third kappa shape index (κ3) is 4.05. The lowest BCUT2D eigenvalue weighted by Crippen LogP contribution is -2.41. The maximum Gasteiger partial charge on any atom is 0.0596 e. The smallest absolute Gasteiger partial charge is 0.0596 e. The van der Waals surface area contributed by atoms with Gasteiger partial charge in [-0.15, -0.1) is 0 Å². The fraction of sp³-hybridized carbons (Fsp3) is 0.800. The van der Waals surface area contributed by atoms with Crippen molar-refractivity contribution in [3.8, 4) is 0 Å². The summed E-state index contributed by atoms with van der Waals surface area (Å²) in [5, 5.41) is 8.18. The average molecular weight is 265 g/mol. The predicted molar refractivity (Wildman–Crippen MR) is 77.3 cm³/mol. The van der Waals surface area contributed by atoms with Crippen molar-refractivity contribution in [1.29, 1.82) is 0 Å². The van der Waals surface area contributed by atoms with E-state index in [4.69, 9.17) is 4.74 Å². The van der Waals surface area contributed by atoms with E-state index < -0.39 is 0 Å². The van der Waals surface area contributed by atoms with Crippen molar-refractivity contribution < 1.29 is 4.74 Å². The van der Waals surface area contributed by atoms with Crippen LogP contribution in [0.5, 0.6) is 0 Å². The Morgan fingerprint density at radius 2 is 2.21 bits per heavy atom. The molecule has 1 aliphatic heterocycles. The molecule has 108 valence electrons. The Hall–Kier alpha value is -0.870. The van der Waals surface area contributed by atoms with E-state index in [2.05, 4.69) is 30.3 Å². The topological polar surface area (TPSA) is 39.1 Å². The zero-order chi connectivity index (χ0) is 13.7. The molecule has 4 nitrogen and oxygen atoms in total. The molecule has 1 atom stereocenters. The lowest BCUT2D eigenvalue weighted by molar-refractivity contribution is 0.0535. The number of ether oxygens (including phenoxy) is 1. The Balaban J connectivity index is 2.01. The van der Waals surface area contributed by atoms with E-state index in [1.807, 2.05) is 11.7 Å². The van der Waals surface area contributed by atoms with Crippen molar-refractivity contribution in [2.24, 2.45) is 13.0 Å². The van der Waals surface area contributed by atoms with Crippen LogP contribution in [0.25, 0.3) is 0 Å². The van der Waals surface area contributed by atoms with Crippen LogP contribution in [0.15, 0.2) is 6.07 Å². The first-order valence-corrected chi connectivity index (χ1v) is 7.51. The van der Waals surface area contributed by atoms with Crippen molar-refractivity contribution >= 4 is 0 Å². The first-order chi connectivity index (χ1) is 9.20. The summed E-state index contributed by atoms with van der Waals surface area (Å²) in [6, 6.07) is 2.76. The number of aryl methyl sites for hydroxylation is 2. The zero-order valence-electron chi connectivity index (χ0n) is 12.5. The SMILES string of the molecule is CCCNC(Cc1cc(C)nn1C)C1CCOCC1. The van der Waals surface area contributed by atoms with Gasteiger partial charge >= 0.3 is 0 Å². The van der Waals surface area contributed by atoms with E-state index in [0.717, 1.165) is 37.8 Å². The van der Waals surface area contributed by atoms with E-state index >= 15 is 0 Å². The highest BCUT2D eigenvalue weighted by atomic mass is 16.5. The third-order valence-electron chi connectivity index (χ3n) is 4.02. The summed E-state index contributed by atoms with van der Waals surface area (Å²) in [5.74, 6) is 0.732. The molecule has 0 aliphatic carbocycles. The van der Waals surface area contributed by atoms with Crippen LogP contribution in [0.2, 0.25) is 0 Å². The van der Waals surface area contributed by atoms with Gasteiger partial charge < -0.3 is 10.1 Å². The third-order valence-corrected chi connectivity index (χ3v) is 4.02. The Morgan fingerprint density at radius 1 is 1.47 bits per heavy atom. The minimum Gasteiger partial charge on any atom is -0.381 e. The molecule has 1 unspecified atom stereocenters. The molecule has 0 amide bonds. The van der Waals surface area contributed by atoms with Crippen LogP contribution in [0, 0.1) is 12.8 Å². The van der Waals surface area contributed by atoms with Crippen LogP contribution in [0.4, 0.5) is 0 Å². The fourth-order valence-corrected chi connectivity index (χ4v) is 2.93. The van der Waals surface area contributed by atoms with Crippen LogP contribution >= 0.6 is 0 Å². The Bertz CT molecular complexity index is 383. The monoisotopic (exact) mass is 265 g/mol. The van der Waals surface area contributed by atoms with E-state index in [1.54, 1.807) is 0 Å². The minimum atomic E-state index is 0.554. The molecular formula is C15H27N3O. The van der Waals surface area contributed by atoms with Gasteiger partial charge in [0.25, 0.3) is 0 Å². The number of aromatic nitrogens is 2. The number of nitrogens with one attached hydrogen (secondary N) is 1. The number of hydrogen-bond donors (Lipinski definition) is 1. The molecule has 1 aromatic heterocycles. The van der Waals surface area contributed by atoms with Crippen LogP contribution in [-0.4, -0.2) is 35.6 Å². The molecule has 0 bridgehead atoms. The van der Waals surface area contributed by atoms with E-state index in [9.17, 15) is 0 Å². The van der Waals surface area contributed by atoms with Crippen LogP contribution in [0.3, 0.4) is 0 Å². The first kappa shape index (κ1) is 14.5. The molecule has 0 radical (unpaired) electrons. The Kier molecular flexibility index (Phi) is 5.40. The second-order valence-corrected chi connectivity index (χ2v) is 5.62. The van der Waals surface area contributed by atoms with Crippen molar-refractivity contribution in [2.45, 2.75) is 45.6 Å². The predicted octanol–water partition coefficient (Wildman–Crippen LogP) is 2.07. The summed E-state index contributed by atoms with van der Waals surface area (Å²) in [7, 11) is 2.04. The summed E-state index contributed by atoms with van der Waals surface area (Å²) in [6.07, 6.45) is 4.61. The average Bonchev–Trinajstić information content (AvgIpc) is 2.73. The largest absolute Gasteiger partial charge is 0.381 e. The van der Waals surface area contributed by atoms with Gasteiger partial charge in [-0.25, -0.2) is 0 Å². The standard InChI is InChI=1S/C15H27N3O/c1-4-7-16-15(13-5-8-19-9-6-13)11-14-10-12(2)17-18(14)3/h10,13,15-16H,4-9,11H2,1-3H3. The summed E-state index contributed by atoms with van der Waals surface area (Å²) in [5.41, 5.74) is 2.44. The zero-order valence-corrected chi connectivity index (χ0v) is 12.5. The number of nitrogens with zero attached hydrogens (tertiary/aromatic N) is 2.